The van der Waals surface area contributed by atoms with Gasteiger partial charge in [0.25, 0.3) is 5.91 Å². The third kappa shape index (κ3) is 3.19. The lowest BCUT2D eigenvalue weighted by Gasteiger charge is -2.10. The Bertz CT molecular complexity index is 732. The topological polar surface area (TPSA) is 85.1 Å². The van der Waals surface area contributed by atoms with Crippen molar-refractivity contribution in [3.63, 3.8) is 0 Å². The Labute approximate surface area is 118 Å². The number of nitrogens with zero attached hydrogens (tertiary/aromatic N) is 1. The third-order valence-electron chi connectivity index (χ3n) is 2.87. The second kappa shape index (κ2) is 5.66. The monoisotopic (exact) mass is 291 g/mol. The van der Waals surface area contributed by atoms with Crippen molar-refractivity contribution in [3.8, 4) is 0 Å². The van der Waals surface area contributed by atoms with Gasteiger partial charge in [-0.1, -0.05) is 0 Å². The summed E-state index contributed by atoms with van der Waals surface area (Å²) in [5.41, 5.74) is 5.26. The third-order valence-corrected chi connectivity index (χ3v) is 2.87. The number of carbonyl (C=O) groups excluding carboxylic acids is 2. The minimum absolute atomic E-state index is 0.0202. The molecule has 1 heterocycles. The normalized spacial score (nSPS) is 10.2. The van der Waals surface area contributed by atoms with E-state index < -0.39 is 23.6 Å². The van der Waals surface area contributed by atoms with Crippen molar-refractivity contribution in [1.82, 2.24) is 4.98 Å². The summed E-state index contributed by atoms with van der Waals surface area (Å²) in [4.78, 5) is 26.4. The standard InChI is InChI=1S/C14H11F2N3O2/c1-7-10(15)4-9(13(17)20)5-11(7)19-14(21)8-2-3-18-12(16)6-8/h2-6H,1H3,(H2,17,20)(H,19,21). The van der Waals surface area contributed by atoms with Gasteiger partial charge in [-0.2, -0.15) is 4.39 Å². The Morgan fingerprint density at radius 3 is 2.52 bits per heavy atom. The Morgan fingerprint density at radius 1 is 1.19 bits per heavy atom. The molecule has 1 aromatic carbocycles. The first-order valence-electron chi connectivity index (χ1n) is 5.91. The van der Waals surface area contributed by atoms with Crippen LogP contribution >= 0.6 is 0 Å². The number of hydrogen-bond acceptors (Lipinski definition) is 3. The lowest BCUT2D eigenvalue weighted by Crippen LogP contribution is -2.16. The smallest absolute Gasteiger partial charge is 0.255 e. The zero-order valence-electron chi connectivity index (χ0n) is 11.0. The van der Waals surface area contributed by atoms with Gasteiger partial charge < -0.3 is 11.1 Å². The molecule has 0 aliphatic carbocycles. The second-order valence-electron chi connectivity index (χ2n) is 4.32. The number of pyridine rings is 1. The van der Waals surface area contributed by atoms with Crippen LogP contribution in [-0.4, -0.2) is 16.8 Å². The van der Waals surface area contributed by atoms with E-state index in [4.69, 9.17) is 5.73 Å². The summed E-state index contributed by atoms with van der Waals surface area (Å²) in [5, 5.41) is 2.41. The van der Waals surface area contributed by atoms with Gasteiger partial charge in [-0.25, -0.2) is 9.37 Å². The molecule has 2 amide bonds. The quantitative estimate of drug-likeness (QED) is 0.848. The van der Waals surface area contributed by atoms with Gasteiger partial charge in [-0.3, -0.25) is 9.59 Å². The van der Waals surface area contributed by atoms with Gasteiger partial charge in [0.15, 0.2) is 0 Å². The van der Waals surface area contributed by atoms with Gasteiger partial charge in [0.05, 0.1) is 0 Å². The van der Waals surface area contributed by atoms with Crippen LogP contribution in [-0.2, 0) is 0 Å². The first-order chi connectivity index (χ1) is 9.88. The van der Waals surface area contributed by atoms with Crippen LogP contribution in [0.2, 0.25) is 0 Å². The molecule has 21 heavy (non-hydrogen) atoms. The first kappa shape index (κ1) is 14.6. The Morgan fingerprint density at radius 2 is 1.90 bits per heavy atom. The Balaban J connectivity index is 2.35. The van der Waals surface area contributed by atoms with Crippen molar-refractivity contribution in [2.45, 2.75) is 6.92 Å². The zero-order valence-corrected chi connectivity index (χ0v) is 11.0. The van der Waals surface area contributed by atoms with Gasteiger partial charge in [0.1, 0.15) is 5.82 Å². The fourth-order valence-electron chi connectivity index (χ4n) is 1.69. The van der Waals surface area contributed by atoms with Crippen molar-refractivity contribution >= 4 is 17.5 Å². The molecule has 2 aromatic rings. The van der Waals surface area contributed by atoms with Crippen LogP contribution in [0.25, 0.3) is 0 Å². The second-order valence-corrected chi connectivity index (χ2v) is 4.32. The molecular weight excluding hydrogens is 280 g/mol. The molecule has 0 bridgehead atoms. The van der Waals surface area contributed by atoms with Crippen LogP contribution in [0, 0.1) is 18.7 Å². The summed E-state index contributed by atoms with van der Waals surface area (Å²) in [6, 6.07) is 4.50. The number of anilines is 1. The highest BCUT2D eigenvalue weighted by atomic mass is 19.1. The predicted octanol–water partition coefficient (Wildman–Crippen LogP) is 2.02. The summed E-state index contributed by atoms with van der Waals surface area (Å²) in [6.07, 6.45) is 1.14. The lowest BCUT2D eigenvalue weighted by molar-refractivity contribution is 0.0995. The molecule has 0 fully saturated rings. The fourth-order valence-corrected chi connectivity index (χ4v) is 1.69. The summed E-state index contributed by atoms with van der Waals surface area (Å²) >= 11 is 0. The van der Waals surface area contributed by atoms with Crippen LogP contribution in [0.4, 0.5) is 14.5 Å². The number of benzene rings is 1. The predicted molar refractivity (Wildman–Crippen MR) is 71.8 cm³/mol. The number of carbonyl (C=O) groups is 2. The van der Waals surface area contributed by atoms with Crippen molar-refractivity contribution in [2.24, 2.45) is 5.73 Å². The molecule has 0 aliphatic heterocycles. The molecule has 0 saturated heterocycles. The average Bonchev–Trinajstić information content (AvgIpc) is 2.43. The van der Waals surface area contributed by atoms with E-state index in [2.05, 4.69) is 10.3 Å². The van der Waals surface area contributed by atoms with E-state index in [9.17, 15) is 18.4 Å². The van der Waals surface area contributed by atoms with Crippen molar-refractivity contribution in [3.05, 3.63) is 58.9 Å². The molecule has 0 spiro atoms. The van der Waals surface area contributed by atoms with Gasteiger partial charge in [0.2, 0.25) is 11.9 Å². The lowest BCUT2D eigenvalue weighted by atomic mass is 10.1. The molecule has 108 valence electrons. The molecule has 1 aromatic heterocycles. The number of primary amides is 1. The number of aromatic nitrogens is 1. The van der Waals surface area contributed by atoms with Gasteiger partial charge in [-0.15, -0.1) is 0 Å². The largest absolute Gasteiger partial charge is 0.366 e. The molecule has 0 radical (unpaired) electrons. The zero-order chi connectivity index (χ0) is 15.6. The minimum atomic E-state index is -0.820. The highest BCUT2D eigenvalue weighted by molar-refractivity contribution is 6.05. The van der Waals surface area contributed by atoms with E-state index in [1.54, 1.807) is 0 Å². The number of rotatable bonds is 3. The summed E-state index contributed by atoms with van der Waals surface area (Å²) in [7, 11) is 0. The SMILES string of the molecule is Cc1c(F)cc(C(N)=O)cc1NC(=O)c1ccnc(F)c1. The number of nitrogens with two attached hydrogens (primary N) is 1. The molecular formula is C14H11F2N3O2. The maximum atomic E-state index is 13.7. The first-order valence-corrected chi connectivity index (χ1v) is 5.91. The number of hydrogen-bond donors (Lipinski definition) is 2. The molecule has 0 atom stereocenters. The summed E-state index contributed by atoms with van der Waals surface area (Å²) < 4.78 is 26.7. The van der Waals surface area contributed by atoms with E-state index in [0.717, 1.165) is 18.3 Å². The molecule has 2 rings (SSSR count). The summed E-state index contributed by atoms with van der Waals surface area (Å²) in [6.45, 7) is 1.43. The van der Waals surface area contributed by atoms with Crippen LogP contribution < -0.4 is 11.1 Å². The number of nitrogens with one attached hydrogen (secondary N) is 1. The molecule has 7 heteroatoms. The van der Waals surface area contributed by atoms with Crippen LogP contribution in [0.15, 0.2) is 30.5 Å². The maximum Gasteiger partial charge on any atom is 0.255 e. The van der Waals surface area contributed by atoms with Gasteiger partial charge in [0, 0.05) is 34.6 Å². The number of halogens is 2. The molecule has 0 aliphatic rings. The van der Waals surface area contributed by atoms with E-state index in [1.165, 1.54) is 19.1 Å². The van der Waals surface area contributed by atoms with Crippen molar-refractivity contribution in [1.29, 1.82) is 0 Å². The van der Waals surface area contributed by atoms with Gasteiger partial charge >= 0.3 is 0 Å². The Hall–Kier alpha value is -2.83. The van der Waals surface area contributed by atoms with Gasteiger partial charge in [-0.05, 0) is 25.1 Å². The van der Waals surface area contributed by atoms with Crippen LogP contribution in [0.3, 0.4) is 0 Å². The molecule has 3 N–H and O–H groups in total. The minimum Gasteiger partial charge on any atom is -0.366 e. The highest BCUT2D eigenvalue weighted by Gasteiger charge is 2.14. The molecule has 0 unspecified atom stereocenters. The highest BCUT2D eigenvalue weighted by Crippen LogP contribution is 2.21. The summed E-state index contributed by atoms with van der Waals surface area (Å²) in [5.74, 6) is -2.96. The Kier molecular flexibility index (Phi) is 3.93. The van der Waals surface area contributed by atoms with Crippen LogP contribution in [0.5, 0.6) is 0 Å². The van der Waals surface area contributed by atoms with E-state index in [-0.39, 0.29) is 22.4 Å². The number of amides is 2. The van der Waals surface area contributed by atoms with Crippen molar-refractivity contribution < 1.29 is 18.4 Å². The average molecular weight is 291 g/mol. The molecule has 0 saturated carbocycles. The van der Waals surface area contributed by atoms with E-state index in [0.29, 0.717) is 0 Å². The maximum absolute atomic E-state index is 13.7. The van der Waals surface area contributed by atoms with E-state index in [1.807, 2.05) is 0 Å². The van der Waals surface area contributed by atoms with E-state index >= 15 is 0 Å². The van der Waals surface area contributed by atoms with Crippen LogP contribution in [0.1, 0.15) is 26.3 Å². The fraction of sp³-hybridized carbons (Fsp3) is 0.0714. The van der Waals surface area contributed by atoms with Crippen molar-refractivity contribution in [2.75, 3.05) is 5.32 Å². The molecule has 5 nitrogen and oxygen atoms in total.